The fraction of sp³-hybridized carbons (Fsp3) is 0.931. The molecule has 76 heavy (non-hydrogen) atoms. The molecule has 0 aliphatic rings. The molecule has 0 heterocycles. The van der Waals surface area contributed by atoms with Crippen molar-refractivity contribution in [1.29, 1.82) is 0 Å². The standard InChI is InChI=1S/C58H124N6O8Si4/c1-21-65-73(17,43-25-29-59-55(13)47-51(5)6)69-39-35-63(36-40-70-74(18,66-22-2)44-26-30-60-56(14)48-52(7)8)33-34-64(37-41-71-75(19,67-23-3)45-27-31-61-57(15)49-53(9)10)38-42-72-76(20,68-24-4)46-28-32-62-58(16)50-54(11)12/h51-54H,21-50H2,1-20H3/b59-55+,60-56+,61-57+,62-58+. The number of hydrogen-bond donors (Lipinski definition) is 0. The lowest BCUT2D eigenvalue weighted by Crippen LogP contribution is -2.46. The number of rotatable bonds is 51. The molecule has 0 saturated heterocycles. The molecular weight excluding hydrogens is 1020 g/mol. The summed E-state index contributed by atoms with van der Waals surface area (Å²) in [5.41, 5.74) is 4.91. The average Bonchev–Trinajstić information content (AvgIpc) is 3.30. The van der Waals surface area contributed by atoms with Gasteiger partial charge in [-0.2, -0.15) is 0 Å². The lowest BCUT2D eigenvalue weighted by atomic mass is 10.1. The van der Waals surface area contributed by atoms with Crippen molar-refractivity contribution in [3.63, 3.8) is 0 Å². The first-order valence-electron chi connectivity index (χ1n) is 30.4. The summed E-state index contributed by atoms with van der Waals surface area (Å²) in [6, 6.07) is 3.66. The number of hydrogen-bond acceptors (Lipinski definition) is 14. The van der Waals surface area contributed by atoms with Crippen molar-refractivity contribution in [1.82, 2.24) is 9.80 Å². The third kappa shape index (κ3) is 41.2. The van der Waals surface area contributed by atoms with Crippen molar-refractivity contribution in [3.8, 4) is 0 Å². The van der Waals surface area contributed by atoms with E-state index in [0.717, 1.165) is 141 Å². The molecular formula is C58H124N6O8Si4. The Morgan fingerprint density at radius 2 is 0.526 bits per heavy atom. The van der Waals surface area contributed by atoms with E-state index in [0.29, 0.717) is 76.5 Å². The summed E-state index contributed by atoms with van der Waals surface area (Å²) < 4.78 is 53.1. The van der Waals surface area contributed by atoms with Gasteiger partial charge in [0.15, 0.2) is 0 Å². The van der Waals surface area contributed by atoms with Crippen molar-refractivity contribution in [2.24, 2.45) is 43.6 Å². The van der Waals surface area contributed by atoms with Crippen molar-refractivity contribution in [3.05, 3.63) is 0 Å². The summed E-state index contributed by atoms with van der Waals surface area (Å²) in [6.07, 6.45) is 8.02. The van der Waals surface area contributed by atoms with Crippen LogP contribution in [-0.4, -0.2) is 185 Å². The lowest BCUT2D eigenvalue weighted by Gasteiger charge is -2.33. The molecule has 4 atom stereocenters. The van der Waals surface area contributed by atoms with Gasteiger partial charge in [0.25, 0.3) is 0 Å². The van der Waals surface area contributed by atoms with E-state index in [1.165, 1.54) is 22.8 Å². The second-order valence-corrected chi connectivity index (χ2v) is 37.0. The van der Waals surface area contributed by atoms with Gasteiger partial charge in [-0.1, -0.05) is 55.4 Å². The molecule has 0 N–H and O–H groups in total. The monoisotopic (exact) mass is 1140 g/mol. The Labute approximate surface area is 474 Å². The summed E-state index contributed by atoms with van der Waals surface area (Å²) in [5.74, 6) is 2.45. The van der Waals surface area contributed by atoms with Gasteiger partial charge < -0.3 is 35.4 Å². The predicted molar refractivity (Wildman–Crippen MR) is 337 cm³/mol. The fourth-order valence-electron chi connectivity index (χ4n) is 9.78. The van der Waals surface area contributed by atoms with Crippen LogP contribution in [0.2, 0.25) is 50.4 Å². The van der Waals surface area contributed by atoms with Gasteiger partial charge in [0.05, 0.1) is 0 Å². The zero-order valence-corrected chi connectivity index (χ0v) is 57.5. The molecule has 0 aromatic carbocycles. The van der Waals surface area contributed by atoms with Gasteiger partial charge in [0, 0.05) is 141 Å². The van der Waals surface area contributed by atoms with Crippen LogP contribution in [0, 0.1) is 23.7 Å². The molecule has 14 nitrogen and oxygen atoms in total. The highest BCUT2D eigenvalue weighted by molar-refractivity contribution is 6.67. The quantitative estimate of drug-likeness (QED) is 0.0330. The van der Waals surface area contributed by atoms with Crippen LogP contribution >= 0.6 is 0 Å². The molecule has 0 amide bonds. The maximum absolute atomic E-state index is 6.83. The molecule has 0 bridgehead atoms. The van der Waals surface area contributed by atoms with Crippen LogP contribution in [0.15, 0.2) is 20.0 Å². The molecule has 0 spiro atoms. The Balaban J connectivity index is 6.56. The van der Waals surface area contributed by atoms with Crippen LogP contribution in [-0.2, 0) is 35.4 Å². The Kier molecular flexibility index (Phi) is 43.3. The molecule has 0 aromatic heterocycles. The van der Waals surface area contributed by atoms with Gasteiger partial charge in [-0.3, -0.25) is 29.8 Å². The summed E-state index contributed by atoms with van der Waals surface area (Å²) >= 11 is 0. The third-order valence-corrected chi connectivity index (χ3v) is 25.2. The van der Waals surface area contributed by atoms with Gasteiger partial charge >= 0.3 is 34.2 Å². The topological polar surface area (TPSA) is 130 Å². The largest absolute Gasteiger partial charge is 0.395 e. The van der Waals surface area contributed by atoms with E-state index in [-0.39, 0.29) is 0 Å². The first-order valence-corrected chi connectivity index (χ1v) is 40.5. The summed E-state index contributed by atoms with van der Waals surface area (Å²) in [6.45, 7) is 56.8. The van der Waals surface area contributed by atoms with Crippen LogP contribution in [0.5, 0.6) is 0 Å². The Morgan fingerprint density at radius 1 is 0.329 bits per heavy atom. The fourth-order valence-corrected chi connectivity index (χ4v) is 19.0. The normalized spacial score (nSPS) is 16.7. The highest BCUT2D eigenvalue weighted by atomic mass is 28.4. The average molecular weight is 1150 g/mol. The van der Waals surface area contributed by atoms with Crippen molar-refractivity contribution in [2.45, 2.75) is 213 Å². The Morgan fingerprint density at radius 3 is 0.697 bits per heavy atom. The molecule has 0 radical (unpaired) electrons. The van der Waals surface area contributed by atoms with Crippen molar-refractivity contribution in [2.75, 3.05) is 118 Å². The highest BCUT2D eigenvalue weighted by Crippen LogP contribution is 2.21. The zero-order valence-electron chi connectivity index (χ0n) is 53.5. The van der Waals surface area contributed by atoms with Gasteiger partial charge in [-0.05, 0) is 181 Å². The molecule has 0 saturated carbocycles. The molecule has 0 aromatic rings. The molecule has 0 rings (SSSR count). The van der Waals surface area contributed by atoms with Crippen LogP contribution in [0.4, 0.5) is 0 Å². The minimum Gasteiger partial charge on any atom is -0.395 e. The summed E-state index contributed by atoms with van der Waals surface area (Å²) in [4.78, 5) is 24.6. The highest BCUT2D eigenvalue weighted by Gasteiger charge is 2.34. The second-order valence-electron chi connectivity index (χ2n) is 23.6. The van der Waals surface area contributed by atoms with E-state index < -0.39 is 34.2 Å². The minimum absolute atomic E-state index is 0.594. The Hall–Kier alpha value is -0.852. The van der Waals surface area contributed by atoms with Crippen molar-refractivity contribution < 1.29 is 35.4 Å². The third-order valence-electron chi connectivity index (χ3n) is 13.3. The number of aliphatic imine (C=N–C) groups is 4. The molecule has 18 heteroatoms. The van der Waals surface area contributed by atoms with E-state index in [9.17, 15) is 0 Å². The van der Waals surface area contributed by atoms with Gasteiger partial charge in [0.2, 0.25) is 0 Å². The maximum atomic E-state index is 6.83. The van der Waals surface area contributed by atoms with Crippen LogP contribution < -0.4 is 0 Å². The SMILES string of the molecule is CCO[Si](C)(CCC/N=C(\C)CC(C)C)OCCN(CCO[Si](C)(CCC/N=C(\C)CC(C)C)OCC)CCN(CCO[Si](C)(CCC/N=C(\C)CC(C)C)OCC)CCO[Si](C)(CCC/N=C(\C)CC(C)C)OCC. The molecule has 4 unspecified atom stereocenters. The summed E-state index contributed by atoms with van der Waals surface area (Å²) in [7, 11) is -9.73. The second kappa shape index (κ2) is 43.8. The minimum atomic E-state index is -2.43. The smallest absolute Gasteiger partial charge is 0.335 e. The first kappa shape index (κ1) is 75.1. The molecule has 0 fully saturated rings. The molecule has 0 aliphatic carbocycles. The van der Waals surface area contributed by atoms with Crippen molar-refractivity contribution >= 4 is 57.1 Å². The number of nitrogens with zero attached hydrogens (tertiary/aromatic N) is 6. The maximum Gasteiger partial charge on any atom is 0.335 e. The lowest BCUT2D eigenvalue weighted by molar-refractivity contribution is 0.0981. The van der Waals surface area contributed by atoms with E-state index in [1.807, 2.05) is 0 Å². The molecule has 450 valence electrons. The first-order chi connectivity index (χ1) is 35.8. The Bertz CT molecular complexity index is 1360. The van der Waals surface area contributed by atoms with Gasteiger partial charge in [-0.25, -0.2) is 0 Å². The zero-order chi connectivity index (χ0) is 57.5. The van der Waals surface area contributed by atoms with E-state index in [1.54, 1.807) is 0 Å². The van der Waals surface area contributed by atoms with Gasteiger partial charge in [-0.15, -0.1) is 0 Å². The van der Waals surface area contributed by atoms with E-state index in [4.69, 9.17) is 55.4 Å². The van der Waals surface area contributed by atoms with E-state index >= 15 is 0 Å². The van der Waals surface area contributed by atoms with Crippen LogP contribution in [0.1, 0.15) is 162 Å². The van der Waals surface area contributed by atoms with Gasteiger partial charge in [0.1, 0.15) is 0 Å². The molecule has 0 aliphatic heterocycles. The predicted octanol–water partition coefficient (Wildman–Crippen LogP) is 13.7. The van der Waals surface area contributed by atoms with Crippen LogP contribution in [0.3, 0.4) is 0 Å². The summed E-state index contributed by atoms with van der Waals surface area (Å²) in [5, 5.41) is 0. The van der Waals surface area contributed by atoms with Crippen LogP contribution in [0.25, 0.3) is 0 Å². The van der Waals surface area contributed by atoms with E-state index in [2.05, 4.69) is 147 Å².